The summed E-state index contributed by atoms with van der Waals surface area (Å²) in [4.78, 5) is 4.00. The molecule has 1 unspecified atom stereocenters. The number of fused-ring (bicyclic) bond motifs is 4. The molecular weight excluding hydrogens is 520 g/mol. The molecule has 0 radical (unpaired) electrons. The summed E-state index contributed by atoms with van der Waals surface area (Å²) in [5, 5.41) is 25.7. The maximum Gasteiger partial charge on any atom is 0.137 e. The Balaban J connectivity index is 1.43. The first-order valence-electron chi connectivity index (χ1n) is 11.6. The van der Waals surface area contributed by atoms with Crippen molar-refractivity contribution >= 4 is 52.3 Å². The normalized spacial score (nSPS) is 19.8. The van der Waals surface area contributed by atoms with E-state index in [2.05, 4.69) is 17.5 Å². The highest BCUT2D eigenvalue weighted by Crippen LogP contribution is 2.56. The van der Waals surface area contributed by atoms with Gasteiger partial charge in [0, 0.05) is 26.0 Å². The topological polar surface area (TPSA) is 76.1 Å². The Hall–Kier alpha value is -3.83. The summed E-state index contributed by atoms with van der Waals surface area (Å²) in [5.74, 6) is 1.11. The molecule has 4 aromatic rings. The van der Waals surface area contributed by atoms with Crippen LogP contribution in [0.2, 0.25) is 5.02 Å². The Morgan fingerprint density at radius 3 is 2.46 bits per heavy atom. The van der Waals surface area contributed by atoms with Gasteiger partial charge in [0.05, 0.1) is 34.0 Å². The fourth-order valence-electron chi connectivity index (χ4n) is 4.86. The van der Waals surface area contributed by atoms with Crippen molar-refractivity contribution in [3.63, 3.8) is 0 Å². The molecule has 5 nitrogen and oxygen atoms in total. The average Bonchev–Trinajstić information content (AvgIpc) is 3.65. The Morgan fingerprint density at radius 2 is 1.68 bits per heavy atom. The predicted molar refractivity (Wildman–Crippen MR) is 150 cm³/mol. The molecule has 0 spiro atoms. The minimum absolute atomic E-state index is 0.337. The van der Waals surface area contributed by atoms with Gasteiger partial charge < -0.3 is 9.73 Å². The van der Waals surface area contributed by atoms with Crippen LogP contribution in [0.1, 0.15) is 11.7 Å². The quantitative estimate of drug-likeness (QED) is 0.267. The molecule has 0 fully saturated rings. The van der Waals surface area contributed by atoms with Gasteiger partial charge in [-0.1, -0.05) is 59.4 Å². The summed E-state index contributed by atoms with van der Waals surface area (Å²) in [5.41, 5.74) is 4.09. The van der Waals surface area contributed by atoms with Crippen LogP contribution in [0.25, 0.3) is 11.3 Å². The third kappa shape index (κ3) is 3.52. The van der Waals surface area contributed by atoms with E-state index in [-0.39, 0.29) is 0 Å². The molecule has 3 aliphatic rings. The van der Waals surface area contributed by atoms with Crippen molar-refractivity contribution in [1.82, 2.24) is 0 Å². The van der Waals surface area contributed by atoms with Crippen molar-refractivity contribution in [2.75, 3.05) is 10.2 Å². The molecule has 0 amide bonds. The largest absolute Gasteiger partial charge is 0.460 e. The first-order valence-corrected chi connectivity index (χ1v) is 13.6. The number of nitrogens with one attached hydrogen (secondary N) is 2. The zero-order valence-corrected chi connectivity index (χ0v) is 21.5. The van der Waals surface area contributed by atoms with Gasteiger partial charge in [-0.25, -0.2) is 0 Å². The van der Waals surface area contributed by atoms with Gasteiger partial charge in [0.15, 0.2) is 0 Å². The molecule has 3 aromatic carbocycles. The van der Waals surface area contributed by atoms with Gasteiger partial charge in [-0.3, -0.25) is 10.3 Å². The summed E-state index contributed by atoms with van der Waals surface area (Å²) >= 11 is 9.19. The number of nitriles is 1. The maximum atomic E-state index is 10.5. The smallest absolute Gasteiger partial charge is 0.137 e. The highest BCUT2D eigenvalue weighted by molar-refractivity contribution is 8.04. The van der Waals surface area contributed by atoms with Crippen LogP contribution in [-0.2, 0) is 0 Å². The summed E-state index contributed by atoms with van der Waals surface area (Å²) in [6.07, 6.45) is 0. The number of nitrogens with zero attached hydrogens (tertiary/aromatic N) is 2. The van der Waals surface area contributed by atoms with E-state index in [0.29, 0.717) is 28.0 Å². The molecule has 2 N–H and O–H groups in total. The van der Waals surface area contributed by atoms with Crippen LogP contribution < -0.4 is 10.2 Å². The number of halogens is 1. The van der Waals surface area contributed by atoms with Crippen LogP contribution in [0.3, 0.4) is 0 Å². The Kier molecular flexibility index (Phi) is 5.22. The number of hydrogen-bond donors (Lipinski definition) is 2. The van der Waals surface area contributed by atoms with E-state index in [0.717, 1.165) is 42.4 Å². The molecule has 8 heteroatoms. The van der Waals surface area contributed by atoms with Gasteiger partial charge in [-0.2, -0.15) is 5.26 Å². The first-order chi connectivity index (χ1) is 18.1. The van der Waals surface area contributed by atoms with Crippen molar-refractivity contribution in [1.29, 1.82) is 10.7 Å². The molecule has 1 atom stereocenters. The number of anilines is 2. The highest BCUT2D eigenvalue weighted by Gasteiger charge is 2.45. The standard InChI is InChI=1S/C29H17ClN4OS2/c30-17-11-9-16(10-12-17)21-13-14-22(35-21)25-18(15-31)29-34(20-6-2-4-8-24(20)37-29)27(32)26(25)28-33-19-5-1-3-7-23(19)36-28/h1-14,25,32-33H/b28-26+,32-27?. The molecule has 0 saturated carbocycles. The van der Waals surface area contributed by atoms with E-state index < -0.39 is 5.92 Å². The van der Waals surface area contributed by atoms with Crippen LogP contribution in [0.5, 0.6) is 0 Å². The molecule has 1 aromatic heterocycles. The Labute approximate surface area is 226 Å². The SMILES string of the molecule is N#CC1=C2Sc3ccccc3N2C(=N)/C(=C2\Nc3ccccc3S2)C1c1ccc(-c2ccc(Cl)cc2)o1. The number of rotatable bonds is 2. The highest BCUT2D eigenvalue weighted by atomic mass is 35.5. The molecule has 4 heterocycles. The van der Waals surface area contributed by atoms with Crippen molar-refractivity contribution in [3.05, 3.63) is 117 Å². The summed E-state index contributed by atoms with van der Waals surface area (Å²) < 4.78 is 6.40. The average molecular weight is 537 g/mol. The third-order valence-electron chi connectivity index (χ3n) is 6.55. The number of amidine groups is 1. The van der Waals surface area contributed by atoms with Crippen LogP contribution in [0.15, 0.2) is 120 Å². The zero-order valence-electron chi connectivity index (χ0n) is 19.2. The lowest BCUT2D eigenvalue weighted by Crippen LogP contribution is -2.36. The van der Waals surface area contributed by atoms with Gasteiger partial charge in [0.25, 0.3) is 0 Å². The molecule has 3 aliphatic heterocycles. The number of allylic oxidation sites excluding steroid dienone is 1. The van der Waals surface area contributed by atoms with Crippen LogP contribution in [0.4, 0.5) is 11.4 Å². The van der Waals surface area contributed by atoms with Crippen molar-refractivity contribution in [2.24, 2.45) is 0 Å². The second kappa shape index (κ2) is 8.63. The lowest BCUT2D eigenvalue weighted by Gasteiger charge is -2.33. The third-order valence-corrected chi connectivity index (χ3v) is 9.07. The lowest BCUT2D eigenvalue weighted by molar-refractivity contribution is 0.515. The number of thioether (sulfide) groups is 2. The maximum absolute atomic E-state index is 10.5. The lowest BCUT2D eigenvalue weighted by atomic mass is 9.86. The molecule has 37 heavy (non-hydrogen) atoms. The second-order valence-corrected chi connectivity index (χ2v) is 11.2. The molecule has 0 aliphatic carbocycles. The number of furan rings is 1. The van der Waals surface area contributed by atoms with Crippen molar-refractivity contribution < 1.29 is 4.42 Å². The van der Waals surface area contributed by atoms with E-state index in [4.69, 9.17) is 16.0 Å². The van der Waals surface area contributed by atoms with Crippen LogP contribution in [0, 0.1) is 16.7 Å². The summed E-state index contributed by atoms with van der Waals surface area (Å²) in [7, 11) is 0. The monoisotopic (exact) mass is 536 g/mol. The molecule has 7 rings (SSSR count). The fraction of sp³-hybridized carbons (Fsp3) is 0.0345. The second-order valence-electron chi connectivity index (χ2n) is 8.69. The fourth-order valence-corrected chi connectivity index (χ4v) is 7.24. The summed E-state index contributed by atoms with van der Waals surface area (Å²) in [6, 6.07) is 29.8. The minimum atomic E-state index is -0.532. The van der Waals surface area contributed by atoms with Crippen molar-refractivity contribution in [2.45, 2.75) is 15.7 Å². The van der Waals surface area contributed by atoms with E-state index >= 15 is 0 Å². The number of para-hydroxylation sites is 2. The van der Waals surface area contributed by atoms with E-state index in [1.807, 2.05) is 83.8 Å². The van der Waals surface area contributed by atoms with Gasteiger partial charge >= 0.3 is 0 Å². The molecule has 0 bridgehead atoms. The zero-order chi connectivity index (χ0) is 25.1. The van der Waals surface area contributed by atoms with E-state index in [1.54, 1.807) is 11.8 Å². The van der Waals surface area contributed by atoms with Gasteiger partial charge in [-0.05, 0) is 60.7 Å². The van der Waals surface area contributed by atoms with Gasteiger partial charge in [0.1, 0.15) is 22.4 Å². The van der Waals surface area contributed by atoms with Crippen LogP contribution >= 0.6 is 35.1 Å². The molecule has 0 saturated heterocycles. The molecule has 178 valence electrons. The first kappa shape index (κ1) is 22.4. The number of benzene rings is 3. The Bertz CT molecular complexity index is 1690. The number of hydrogen-bond acceptors (Lipinski definition) is 6. The van der Waals surface area contributed by atoms with Gasteiger partial charge in [-0.15, -0.1) is 0 Å². The van der Waals surface area contributed by atoms with Gasteiger partial charge in [0.2, 0.25) is 0 Å². The Morgan fingerprint density at radius 1 is 0.919 bits per heavy atom. The summed E-state index contributed by atoms with van der Waals surface area (Å²) in [6.45, 7) is 0. The van der Waals surface area contributed by atoms with E-state index in [1.165, 1.54) is 11.8 Å². The van der Waals surface area contributed by atoms with Crippen LogP contribution in [-0.4, -0.2) is 5.84 Å². The van der Waals surface area contributed by atoms with Crippen molar-refractivity contribution in [3.8, 4) is 17.4 Å². The van der Waals surface area contributed by atoms with E-state index in [9.17, 15) is 10.7 Å². The molecular formula is C29H17ClN4OS2. The minimum Gasteiger partial charge on any atom is -0.460 e. The predicted octanol–water partition coefficient (Wildman–Crippen LogP) is 8.45.